The summed E-state index contributed by atoms with van der Waals surface area (Å²) < 4.78 is 22.6. The third-order valence-corrected chi connectivity index (χ3v) is 5.64. The van der Waals surface area contributed by atoms with Crippen LogP contribution in [0.15, 0.2) is 53.6 Å². The van der Waals surface area contributed by atoms with Crippen LogP contribution in [0.4, 0.5) is 0 Å². The molecular weight excluding hydrogens is 412 g/mol. The lowest BCUT2D eigenvalue weighted by Gasteiger charge is -2.21. The first kappa shape index (κ1) is 18.2. The molecular formula is C22H15ClO5S. The first-order valence-corrected chi connectivity index (χ1v) is 10.2. The number of hydrogen-bond acceptors (Lipinski definition) is 6. The number of benzene rings is 2. The van der Waals surface area contributed by atoms with Gasteiger partial charge in [-0.25, -0.2) is 0 Å². The zero-order valence-electron chi connectivity index (χ0n) is 15.1. The number of allylic oxidation sites excluding steroid dienone is 1. The minimum atomic E-state index is -0.128. The summed E-state index contributed by atoms with van der Waals surface area (Å²) >= 11 is 7.75. The van der Waals surface area contributed by atoms with Gasteiger partial charge >= 0.3 is 0 Å². The number of carbonyl (C=O) groups is 1. The van der Waals surface area contributed by atoms with E-state index in [4.69, 9.17) is 30.5 Å². The molecule has 3 heterocycles. The average molecular weight is 427 g/mol. The summed E-state index contributed by atoms with van der Waals surface area (Å²) in [5, 5.41) is 2.55. The Balaban J connectivity index is 1.35. The van der Waals surface area contributed by atoms with Crippen molar-refractivity contribution in [2.24, 2.45) is 0 Å². The van der Waals surface area contributed by atoms with Crippen molar-refractivity contribution in [3.05, 3.63) is 80.2 Å². The van der Waals surface area contributed by atoms with Crippen molar-refractivity contribution < 1.29 is 23.7 Å². The van der Waals surface area contributed by atoms with Crippen molar-refractivity contribution in [2.75, 3.05) is 6.79 Å². The van der Waals surface area contributed by atoms with Crippen LogP contribution >= 0.6 is 22.9 Å². The van der Waals surface area contributed by atoms with Gasteiger partial charge in [-0.15, -0.1) is 11.3 Å². The van der Waals surface area contributed by atoms with Gasteiger partial charge in [0, 0.05) is 33.2 Å². The van der Waals surface area contributed by atoms with Crippen molar-refractivity contribution >= 4 is 34.8 Å². The van der Waals surface area contributed by atoms with Gasteiger partial charge in [-0.05, 0) is 35.7 Å². The number of halogens is 1. The van der Waals surface area contributed by atoms with Crippen LogP contribution in [0.2, 0.25) is 5.02 Å². The van der Waals surface area contributed by atoms with Crippen LogP contribution in [-0.2, 0) is 18.0 Å². The van der Waals surface area contributed by atoms with Crippen LogP contribution in [0.25, 0.3) is 6.08 Å². The standard InChI is InChI=1S/C22H15ClO5S/c23-15-6-13-10-25-12-27-22(13)14(7-15)11-26-16-3-4-18-19(8-16)28-20(21(18)24)9-17-2-1-5-29-17/h1-9H,10-12H2/b20-9-. The van der Waals surface area contributed by atoms with Crippen molar-refractivity contribution in [1.82, 2.24) is 0 Å². The van der Waals surface area contributed by atoms with E-state index in [1.54, 1.807) is 35.6 Å². The number of fused-ring (bicyclic) bond motifs is 2. The van der Waals surface area contributed by atoms with E-state index in [9.17, 15) is 4.79 Å². The first-order chi connectivity index (χ1) is 14.2. The molecule has 2 aromatic carbocycles. The molecule has 3 aromatic rings. The second kappa shape index (κ2) is 7.55. The summed E-state index contributed by atoms with van der Waals surface area (Å²) in [4.78, 5) is 13.5. The van der Waals surface area contributed by atoms with Gasteiger partial charge < -0.3 is 18.9 Å². The molecule has 0 radical (unpaired) electrons. The topological polar surface area (TPSA) is 54.0 Å². The number of ketones is 1. The maximum absolute atomic E-state index is 12.5. The van der Waals surface area contributed by atoms with Crippen molar-refractivity contribution in [2.45, 2.75) is 13.2 Å². The molecule has 0 saturated heterocycles. The van der Waals surface area contributed by atoms with E-state index in [1.807, 2.05) is 29.6 Å². The molecule has 0 fully saturated rings. The maximum atomic E-state index is 12.5. The number of thiophene rings is 1. The SMILES string of the molecule is O=C1/C(=C/c2cccs2)Oc2cc(OCc3cc(Cl)cc4c3OCOC4)ccc21. The Morgan fingerprint density at radius 2 is 2.14 bits per heavy atom. The Kier molecular flexibility index (Phi) is 4.75. The highest BCUT2D eigenvalue weighted by Crippen LogP contribution is 2.36. The van der Waals surface area contributed by atoms with Gasteiger partial charge in [0.05, 0.1) is 12.2 Å². The van der Waals surface area contributed by atoms with Gasteiger partial charge in [0.25, 0.3) is 0 Å². The molecule has 0 amide bonds. The van der Waals surface area contributed by atoms with Crippen LogP contribution in [0.3, 0.4) is 0 Å². The summed E-state index contributed by atoms with van der Waals surface area (Å²) in [6.45, 7) is 0.931. The molecule has 1 aromatic heterocycles. The molecule has 2 aliphatic rings. The van der Waals surface area contributed by atoms with Crippen LogP contribution in [0.1, 0.15) is 26.4 Å². The van der Waals surface area contributed by atoms with Gasteiger partial charge in [-0.1, -0.05) is 17.7 Å². The molecule has 2 aliphatic heterocycles. The Hall–Kier alpha value is -2.80. The highest BCUT2D eigenvalue weighted by atomic mass is 35.5. The molecule has 0 spiro atoms. The van der Waals surface area contributed by atoms with Gasteiger partial charge in [0.2, 0.25) is 5.78 Å². The molecule has 7 heteroatoms. The number of carbonyl (C=O) groups excluding carboxylic acids is 1. The van der Waals surface area contributed by atoms with Gasteiger partial charge in [-0.2, -0.15) is 0 Å². The van der Waals surface area contributed by atoms with E-state index >= 15 is 0 Å². The highest BCUT2D eigenvalue weighted by molar-refractivity contribution is 7.10. The average Bonchev–Trinajstić information content (AvgIpc) is 3.34. The Bertz CT molecular complexity index is 1120. The predicted octanol–water partition coefficient (Wildman–Crippen LogP) is 5.46. The molecule has 0 aliphatic carbocycles. The van der Waals surface area contributed by atoms with Crippen molar-refractivity contribution in [3.8, 4) is 17.2 Å². The summed E-state index contributed by atoms with van der Waals surface area (Å²) in [6, 6.07) is 12.7. The summed E-state index contributed by atoms with van der Waals surface area (Å²) in [5.41, 5.74) is 2.26. The third kappa shape index (κ3) is 3.62. The second-order valence-corrected chi connectivity index (χ2v) is 7.98. The van der Waals surface area contributed by atoms with Crippen LogP contribution in [-0.4, -0.2) is 12.6 Å². The summed E-state index contributed by atoms with van der Waals surface area (Å²) in [7, 11) is 0. The number of rotatable bonds is 4. The molecule has 146 valence electrons. The van der Waals surface area contributed by atoms with Crippen LogP contribution in [0.5, 0.6) is 17.2 Å². The normalized spacial score (nSPS) is 16.2. The minimum absolute atomic E-state index is 0.128. The molecule has 0 N–H and O–H groups in total. The van der Waals surface area contributed by atoms with E-state index in [-0.39, 0.29) is 19.2 Å². The second-order valence-electron chi connectivity index (χ2n) is 6.57. The zero-order chi connectivity index (χ0) is 19.8. The zero-order valence-corrected chi connectivity index (χ0v) is 16.7. The lowest BCUT2D eigenvalue weighted by atomic mass is 10.1. The number of Topliss-reactive ketones (excluding diaryl/α,β-unsaturated/α-hetero) is 1. The van der Waals surface area contributed by atoms with Crippen LogP contribution in [0, 0.1) is 0 Å². The number of hydrogen-bond donors (Lipinski definition) is 0. The van der Waals surface area contributed by atoms with Crippen LogP contribution < -0.4 is 14.2 Å². The minimum Gasteiger partial charge on any atom is -0.489 e. The molecule has 5 nitrogen and oxygen atoms in total. The molecule has 5 rings (SSSR count). The van der Waals surface area contributed by atoms with Crippen molar-refractivity contribution in [1.29, 1.82) is 0 Å². The quantitative estimate of drug-likeness (QED) is 0.518. The van der Waals surface area contributed by atoms with E-state index < -0.39 is 0 Å². The Labute approximate surface area is 176 Å². The molecule has 0 atom stereocenters. The lowest BCUT2D eigenvalue weighted by Crippen LogP contribution is -2.14. The van der Waals surface area contributed by atoms with Crippen molar-refractivity contribution in [3.63, 3.8) is 0 Å². The molecule has 0 unspecified atom stereocenters. The Morgan fingerprint density at radius 1 is 1.21 bits per heavy atom. The monoisotopic (exact) mass is 426 g/mol. The van der Waals surface area contributed by atoms with E-state index in [1.165, 1.54) is 0 Å². The largest absolute Gasteiger partial charge is 0.489 e. The van der Waals surface area contributed by atoms with E-state index in [2.05, 4.69) is 0 Å². The van der Waals surface area contributed by atoms with E-state index in [0.29, 0.717) is 34.5 Å². The van der Waals surface area contributed by atoms with Gasteiger partial charge in [0.1, 0.15) is 23.9 Å². The fourth-order valence-corrected chi connectivity index (χ4v) is 4.19. The van der Waals surface area contributed by atoms with E-state index in [0.717, 1.165) is 21.8 Å². The predicted molar refractivity (Wildman–Crippen MR) is 110 cm³/mol. The number of ether oxygens (including phenoxy) is 4. The molecule has 0 bridgehead atoms. The molecule has 0 saturated carbocycles. The fourth-order valence-electron chi connectivity index (χ4n) is 3.28. The summed E-state index contributed by atoms with van der Waals surface area (Å²) in [5.74, 6) is 2.02. The highest BCUT2D eigenvalue weighted by Gasteiger charge is 2.28. The van der Waals surface area contributed by atoms with Gasteiger partial charge in [0.15, 0.2) is 12.6 Å². The maximum Gasteiger partial charge on any atom is 0.232 e. The first-order valence-electron chi connectivity index (χ1n) is 8.94. The van der Waals surface area contributed by atoms with Gasteiger partial charge in [-0.3, -0.25) is 4.79 Å². The Morgan fingerprint density at radius 3 is 3.00 bits per heavy atom. The third-order valence-electron chi connectivity index (χ3n) is 4.60. The summed E-state index contributed by atoms with van der Waals surface area (Å²) in [6.07, 6.45) is 1.76. The smallest absolute Gasteiger partial charge is 0.232 e. The fraction of sp³-hybridized carbons (Fsp3) is 0.136. The molecule has 29 heavy (non-hydrogen) atoms. The lowest BCUT2D eigenvalue weighted by molar-refractivity contribution is -0.0175.